The first-order valence-corrected chi connectivity index (χ1v) is 10.2. The van der Waals surface area contributed by atoms with Crippen molar-refractivity contribution < 1.29 is 22.4 Å². The second kappa shape index (κ2) is 13.3. The van der Waals surface area contributed by atoms with E-state index in [1.54, 1.807) is 12.1 Å². The van der Waals surface area contributed by atoms with Crippen LogP contribution in [0, 0.1) is 11.6 Å². The molecule has 30 heavy (non-hydrogen) atoms. The number of alkyl halides is 3. The zero-order chi connectivity index (χ0) is 23.5. The molecule has 1 atom stereocenters. The van der Waals surface area contributed by atoms with Crippen molar-refractivity contribution in [3.8, 4) is 0 Å². The van der Waals surface area contributed by atoms with Gasteiger partial charge in [0, 0.05) is 23.8 Å². The molecule has 2 nitrogen and oxygen atoms in total. The summed E-state index contributed by atoms with van der Waals surface area (Å²) >= 11 is 6.00. The summed E-state index contributed by atoms with van der Waals surface area (Å²) in [6.07, 6.45) is -2.79. The van der Waals surface area contributed by atoms with Crippen molar-refractivity contribution >= 4 is 18.0 Å². The molecule has 2 aromatic carbocycles. The van der Waals surface area contributed by atoms with E-state index < -0.39 is 30.4 Å². The highest BCUT2D eigenvalue weighted by atomic mass is 35.5. The molecule has 0 spiro atoms. The second-order valence-electron chi connectivity index (χ2n) is 7.24. The highest BCUT2D eigenvalue weighted by Gasteiger charge is 2.26. The highest BCUT2D eigenvalue weighted by molar-refractivity contribution is 6.18. The van der Waals surface area contributed by atoms with Gasteiger partial charge in [0.05, 0.1) is 0 Å². The lowest BCUT2D eigenvalue weighted by Gasteiger charge is -2.25. The molecule has 0 saturated carbocycles. The molecular weight excluding hydrogens is 418 g/mol. The van der Waals surface area contributed by atoms with Crippen LogP contribution in [0.4, 0.5) is 17.6 Å². The fraction of sp³-hybridized carbons (Fsp3) is 0.435. The first-order valence-electron chi connectivity index (χ1n) is 9.63. The van der Waals surface area contributed by atoms with Gasteiger partial charge in [-0.1, -0.05) is 58.9 Å². The standard InChI is InChI=1S/C20H21ClF4.C2H6.CH3NO/c1-20(2,3)13-7-8-14(12(9-13)10-18(24)25)15(11-21)19-16(22)5-4-6-17(19)23;1-2;2-1-3/h4-9,15,18H,10-11H2,1-3H3;1-2H3;1H,(H2,2,3). The Bertz CT molecular complexity index is 771. The molecule has 1 unspecified atom stereocenters. The van der Waals surface area contributed by atoms with Crippen LogP contribution in [0.5, 0.6) is 0 Å². The van der Waals surface area contributed by atoms with Crippen LogP contribution < -0.4 is 5.73 Å². The van der Waals surface area contributed by atoms with Gasteiger partial charge in [0.15, 0.2) is 0 Å². The van der Waals surface area contributed by atoms with Gasteiger partial charge in [0.25, 0.3) is 0 Å². The fourth-order valence-corrected chi connectivity index (χ4v) is 3.24. The van der Waals surface area contributed by atoms with Crippen LogP contribution in [-0.2, 0) is 16.6 Å². The molecule has 0 aromatic heterocycles. The van der Waals surface area contributed by atoms with Crippen molar-refractivity contribution in [2.75, 3.05) is 5.88 Å². The summed E-state index contributed by atoms with van der Waals surface area (Å²) in [5, 5.41) is 0. The van der Waals surface area contributed by atoms with Crippen LogP contribution in [0.2, 0.25) is 0 Å². The van der Waals surface area contributed by atoms with Crippen molar-refractivity contribution in [1.82, 2.24) is 0 Å². The summed E-state index contributed by atoms with van der Waals surface area (Å²) in [5.74, 6) is -2.39. The number of halogens is 5. The lowest BCUT2D eigenvalue weighted by atomic mass is 9.81. The Kier molecular flexibility index (Phi) is 12.3. The Morgan fingerprint density at radius 1 is 1.07 bits per heavy atom. The third kappa shape index (κ3) is 7.98. The average molecular weight is 448 g/mol. The molecule has 1 amide bonds. The lowest BCUT2D eigenvalue weighted by molar-refractivity contribution is -0.106. The third-order valence-electron chi connectivity index (χ3n) is 4.26. The molecule has 2 N–H and O–H groups in total. The average Bonchev–Trinajstić information content (AvgIpc) is 2.66. The largest absolute Gasteiger partial charge is 0.372 e. The minimum absolute atomic E-state index is 0.108. The van der Waals surface area contributed by atoms with Crippen molar-refractivity contribution in [2.45, 2.75) is 58.8 Å². The molecule has 2 aromatic rings. The maximum absolute atomic E-state index is 14.2. The number of benzene rings is 2. The fourth-order valence-electron chi connectivity index (χ4n) is 2.91. The Hall–Kier alpha value is -2.08. The molecule has 2 rings (SSSR count). The summed E-state index contributed by atoms with van der Waals surface area (Å²) in [4.78, 5) is 8.58. The number of rotatable bonds is 5. The Labute approximate surface area is 181 Å². The maximum atomic E-state index is 14.2. The first kappa shape index (κ1) is 27.9. The molecule has 0 aliphatic heterocycles. The normalized spacial score (nSPS) is 11.7. The number of carbonyl (C=O) groups is 1. The smallest absolute Gasteiger partial charge is 0.242 e. The summed E-state index contributed by atoms with van der Waals surface area (Å²) < 4.78 is 54.5. The molecule has 0 aliphatic rings. The Balaban J connectivity index is 0.00000154. The van der Waals surface area contributed by atoms with Crippen molar-refractivity contribution in [3.05, 3.63) is 70.3 Å². The van der Waals surface area contributed by atoms with E-state index in [0.717, 1.165) is 17.7 Å². The molecule has 0 bridgehead atoms. The van der Waals surface area contributed by atoms with Gasteiger partial charge in [0.2, 0.25) is 12.8 Å². The van der Waals surface area contributed by atoms with Crippen LogP contribution in [0.15, 0.2) is 36.4 Å². The maximum Gasteiger partial charge on any atom is 0.242 e. The van der Waals surface area contributed by atoms with Gasteiger partial charge in [-0.2, -0.15) is 0 Å². The number of primary amides is 1. The molecule has 168 valence electrons. The van der Waals surface area contributed by atoms with E-state index in [2.05, 4.69) is 5.73 Å². The number of amides is 1. The molecule has 0 aliphatic carbocycles. The van der Waals surface area contributed by atoms with Gasteiger partial charge in [-0.15, -0.1) is 11.6 Å². The van der Waals surface area contributed by atoms with E-state index >= 15 is 0 Å². The molecule has 0 saturated heterocycles. The first-order chi connectivity index (χ1) is 14.1. The summed E-state index contributed by atoms with van der Waals surface area (Å²) in [7, 11) is 0. The van der Waals surface area contributed by atoms with Crippen LogP contribution >= 0.6 is 11.6 Å². The number of nitrogens with two attached hydrogens (primary N) is 1. The lowest BCUT2D eigenvalue weighted by Crippen LogP contribution is -2.16. The minimum Gasteiger partial charge on any atom is -0.372 e. The van der Waals surface area contributed by atoms with Gasteiger partial charge in [-0.3, -0.25) is 4.79 Å². The van der Waals surface area contributed by atoms with Crippen molar-refractivity contribution in [3.63, 3.8) is 0 Å². The topological polar surface area (TPSA) is 43.1 Å². The molecule has 0 radical (unpaired) electrons. The van der Waals surface area contributed by atoms with Crippen molar-refractivity contribution in [1.29, 1.82) is 0 Å². The summed E-state index contributed by atoms with van der Waals surface area (Å²) in [6, 6.07) is 8.73. The Morgan fingerprint density at radius 2 is 1.57 bits per heavy atom. The predicted molar refractivity (Wildman–Crippen MR) is 115 cm³/mol. The van der Waals surface area contributed by atoms with Gasteiger partial charge in [0.1, 0.15) is 11.6 Å². The number of carbonyl (C=O) groups excluding carboxylic acids is 1. The molecule has 0 heterocycles. The summed E-state index contributed by atoms with van der Waals surface area (Å²) in [5.41, 5.74) is 5.45. The van der Waals surface area contributed by atoms with Crippen LogP contribution in [0.3, 0.4) is 0 Å². The molecule has 0 fully saturated rings. The zero-order valence-electron chi connectivity index (χ0n) is 18.0. The Morgan fingerprint density at radius 3 is 1.97 bits per heavy atom. The van der Waals surface area contributed by atoms with Crippen LogP contribution in [0.1, 0.15) is 62.8 Å². The molecular formula is C23H30ClF4NO. The van der Waals surface area contributed by atoms with Gasteiger partial charge < -0.3 is 5.73 Å². The van der Waals surface area contributed by atoms with Gasteiger partial charge in [-0.05, 0) is 34.2 Å². The van der Waals surface area contributed by atoms with Crippen LogP contribution in [0.25, 0.3) is 0 Å². The van der Waals surface area contributed by atoms with E-state index in [1.165, 1.54) is 6.07 Å². The number of hydrogen-bond donors (Lipinski definition) is 1. The quantitative estimate of drug-likeness (QED) is 0.314. The monoisotopic (exact) mass is 447 g/mol. The SMILES string of the molecule is CC.CC(C)(C)c1ccc(C(CCl)c2c(F)cccc2F)c(CC(F)F)c1.NC=O. The number of hydrogen-bond acceptors (Lipinski definition) is 1. The minimum atomic E-state index is -2.56. The van der Waals surface area contributed by atoms with Gasteiger partial charge in [-0.25, -0.2) is 17.6 Å². The highest BCUT2D eigenvalue weighted by Crippen LogP contribution is 2.35. The van der Waals surface area contributed by atoms with E-state index in [-0.39, 0.29) is 23.3 Å². The van der Waals surface area contributed by atoms with E-state index in [0.29, 0.717) is 11.1 Å². The predicted octanol–water partition coefficient (Wildman–Crippen LogP) is 6.57. The molecule has 7 heteroatoms. The van der Waals surface area contributed by atoms with E-state index in [4.69, 9.17) is 16.4 Å². The zero-order valence-corrected chi connectivity index (χ0v) is 18.7. The van der Waals surface area contributed by atoms with E-state index in [9.17, 15) is 17.6 Å². The van der Waals surface area contributed by atoms with E-state index in [1.807, 2.05) is 40.7 Å². The van der Waals surface area contributed by atoms with Crippen molar-refractivity contribution in [2.24, 2.45) is 5.73 Å². The third-order valence-corrected chi connectivity index (χ3v) is 4.57. The van der Waals surface area contributed by atoms with Gasteiger partial charge >= 0.3 is 0 Å². The summed E-state index contributed by atoms with van der Waals surface area (Å²) in [6.45, 7) is 9.93. The van der Waals surface area contributed by atoms with Crippen LogP contribution in [-0.4, -0.2) is 18.7 Å². The second-order valence-corrected chi connectivity index (χ2v) is 7.55.